The highest BCUT2D eigenvalue weighted by atomic mass is 32.2. The molecule has 2 N–H and O–H groups in total. The average molecular weight is 434 g/mol. The second-order valence-corrected chi connectivity index (χ2v) is 8.75. The lowest BCUT2D eigenvalue weighted by Gasteiger charge is -2.31. The molecular formula is C19H19N3O5S2. The smallest absolute Gasteiger partial charge is 0.256 e. The number of carbonyl (C=O) groups is 1. The third kappa shape index (κ3) is 3.22. The molecule has 2 aliphatic rings. The molecule has 29 heavy (non-hydrogen) atoms. The molecule has 1 saturated heterocycles. The summed E-state index contributed by atoms with van der Waals surface area (Å²) in [6.07, 6.45) is 0.487. The van der Waals surface area contributed by atoms with Crippen LogP contribution in [0.5, 0.6) is 11.5 Å². The van der Waals surface area contributed by atoms with Crippen LogP contribution in [0.3, 0.4) is 0 Å². The first-order valence-electron chi connectivity index (χ1n) is 8.76. The van der Waals surface area contributed by atoms with Gasteiger partial charge in [-0.25, -0.2) is 13.6 Å². The highest BCUT2D eigenvalue weighted by molar-refractivity contribution is 7.89. The molecule has 0 aliphatic carbocycles. The summed E-state index contributed by atoms with van der Waals surface area (Å²) >= 11 is 5.57. The van der Waals surface area contributed by atoms with Crippen LogP contribution in [0.25, 0.3) is 0 Å². The fourth-order valence-corrected chi connectivity index (χ4v) is 4.63. The number of hydrogen-bond donors (Lipinski definition) is 1. The van der Waals surface area contributed by atoms with Crippen molar-refractivity contribution in [1.82, 2.24) is 4.90 Å². The van der Waals surface area contributed by atoms with Gasteiger partial charge < -0.3 is 14.4 Å². The maximum atomic E-state index is 13.1. The summed E-state index contributed by atoms with van der Waals surface area (Å²) in [5, 5.41) is 5.52. The zero-order valence-corrected chi connectivity index (χ0v) is 17.4. The molecule has 0 bridgehead atoms. The van der Waals surface area contributed by atoms with E-state index in [0.717, 1.165) is 11.1 Å². The standard InChI is InChI=1S/C19H19N3O5S2/c1-26-16-8-11-7-15-18(23)22(13-3-5-14(6-4-13)29(20,24)25)19(28)21(15)10-12(11)9-17(16)27-2/h3-6,8-9,15H,7,10H2,1-2H3,(H2,20,24,25)/t15-/m1/s1. The summed E-state index contributed by atoms with van der Waals surface area (Å²) in [5.74, 6) is 1.08. The minimum atomic E-state index is -3.81. The summed E-state index contributed by atoms with van der Waals surface area (Å²) in [7, 11) is -0.663. The lowest BCUT2D eigenvalue weighted by molar-refractivity contribution is -0.120. The Morgan fingerprint density at radius 1 is 1.07 bits per heavy atom. The summed E-state index contributed by atoms with van der Waals surface area (Å²) < 4.78 is 33.7. The summed E-state index contributed by atoms with van der Waals surface area (Å²) in [6.45, 7) is 0.469. The zero-order chi connectivity index (χ0) is 20.9. The number of nitrogens with two attached hydrogens (primary N) is 1. The highest BCUT2D eigenvalue weighted by Gasteiger charge is 2.45. The van der Waals surface area contributed by atoms with E-state index in [1.165, 1.54) is 29.2 Å². The van der Waals surface area contributed by atoms with Crippen molar-refractivity contribution in [3.05, 3.63) is 47.5 Å². The van der Waals surface area contributed by atoms with E-state index in [1.54, 1.807) is 14.2 Å². The number of ether oxygens (including phenoxy) is 2. The summed E-state index contributed by atoms with van der Waals surface area (Å²) in [5.41, 5.74) is 2.52. The van der Waals surface area contributed by atoms with Gasteiger partial charge >= 0.3 is 0 Å². The van der Waals surface area contributed by atoms with Gasteiger partial charge in [-0.15, -0.1) is 0 Å². The Bertz CT molecular complexity index is 1060. The van der Waals surface area contributed by atoms with Crippen molar-refractivity contribution >= 4 is 38.9 Å². The second kappa shape index (κ2) is 6.97. The molecule has 0 unspecified atom stereocenters. The van der Waals surface area contributed by atoms with Gasteiger partial charge in [-0.2, -0.15) is 0 Å². The van der Waals surface area contributed by atoms with E-state index in [9.17, 15) is 13.2 Å². The van der Waals surface area contributed by atoms with Gasteiger partial charge in [-0.3, -0.25) is 9.69 Å². The molecule has 1 fully saturated rings. The molecule has 2 aromatic rings. The third-order valence-corrected chi connectivity index (χ3v) is 6.55. The number of rotatable bonds is 4. The van der Waals surface area contributed by atoms with Crippen LogP contribution in [-0.4, -0.2) is 44.6 Å². The molecule has 0 saturated carbocycles. The van der Waals surface area contributed by atoms with E-state index >= 15 is 0 Å². The van der Waals surface area contributed by atoms with E-state index in [0.29, 0.717) is 35.3 Å². The van der Waals surface area contributed by atoms with Crippen LogP contribution in [0.1, 0.15) is 11.1 Å². The number of benzene rings is 2. The number of fused-ring (bicyclic) bond motifs is 2. The second-order valence-electron chi connectivity index (χ2n) is 6.82. The van der Waals surface area contributed by atoms with Crippen molar-refractivity contribution < 1.29 is 22.7 Å². The van der Waals surface area contributed by atoms with Crippen molar-refractivity contribution in [2.45, 2.75) is 23.9 Å². The first-order valence-corrected chi connectivity index (χ1v) is 10.7. The fourth-order valence-electron chi connectivity index (χ4n) is 3.73. The maximum absolute atomic E-state index is 13.1. The first kappa shape index (κ1) is 19.6. The molecule has 1 amide bonds. The number of carbonyl (C=O) groups excluding carboxylic acids is 1. The van der Waals surface area contributed by atoms with Gasteiger partial charge in [0.2, 0.25) is 10.0 Å². The molecule has 2 aliphatic heterocycles. The molecule has 2 heterocycles. The van der Waals surface area contributed by atoms with Crippen LogP contribution < -0.4 is 19.5 Å². The Hall–Kier alpha value is -2.69. The van der Waals surface area contributed by atoms with Crippen LogP contribution in [0.15, 0.2) is 41.3 Å². The van der Waals surface area contributed by atoms with E-state index in [4.69, 9.17) is 26.8 Å². The Morgan fingerprint density at radius 3 is 2.21 bits per heavy atom. The van der Waals surface area contributed by atoms with Gasteiger partial charge in [0.05, 0.1) is 24.8 Å². The van der Waals surface area contributed by atoms with Gasteiger partial charge in [0.15, 0.2) is 16.6 Å². The van der Waals surface area contributed by atoms with E-state index < -0.39 is 16.1 Å². The molecule has 0 radical (unpaired) electrons. The largest absolute Gasteiger partial charge is 0.493 e. The molecule has 152 valence electrons. The number of anilines is 1. The zero-order valence-electron chi connectivity index (χ0n) is 15.8. The normalized spacial score (nSPS) is 18.5. The van der Waals surface area contributed by atoms with Crippen LogP contribution in [0, 0.1) is 0 Å². The predicted octanol–water partition coefficient (Wildman–Crippen LogP) is 1.41. The molecule has 8 nitrogen and oxygen atoms in total. The molecule has 4 rings (SSSR count). The van der Waals surface area contributed by atoms with Crippen LogP contribution in [-0.2, 0) is 27.8 Å². The van der Waals surface area contributed by atoms with Crippen LogP contribution >= 0.6 is 12.2 Å². The molecule has 2 aromatic carbocycles. The van der Waals surface area contributed by atoms with Crippen molar-refractivity contribution in [2.24, 2.45) is 5.14 Å². The van der Waals surface area contributed by atoms with Gasteiger partial charge in [-0.05, 0) is 59.7 Å². The number of sulfonamides is 1. The quantitative estimate of drug-likeness (QED) is 0.728. The Kier molecular flexibility index (Phi) is 4.72. The molecule has 0 aromatic heterocycles. The Morgan fingerprint density at radius 2 is 1.66 bits per heavy atom. The van der Waals surface area contributed by atoms with Gasteiger partial charge in [0.25, 0.3) is 5.91 Å². The number of primary sulfonamides is 1. The predicted molar refractivity (Wildman–Crippen MR) is 110 cm³/mol. The van der Waals surface area contributed by atoms with Gasteiger partial charge in [0, 0.05) is 13.0 Å². The molecule has 1 atom stereocenters. The number of nitrogens with zero attached hydrogens (tertiary/aromatic N) is 2. The fraction of sp³-hybridized carbons (Fsp3) is 0.263. The van der Waals surface area contributed by atoms with E-state index in [2.05, 4.69) is 0 Å². The van der Waals surface area contributed by atoms with Crippen LogP contribution in [0.4, 0.5) is 5.69 Å². The Labute approximate surface area is 173 Å². The topological polar surface area (TPSA) is 102 Å². The van der Waals surface area contributed by atoms with Crippen molar-refractivity contribution in [2.75, 3.05) is 19.1 Å². The number of thiocarbonyl (C=S) groups is 1. The van der Waals surface area contributed by atoms with E-state index in [1.807, 2.05) is 17.0 Å². The summed E-state index contributed by atoms with van der Waals surface area (Å²) in [4.78, 5) is 16.4. The monoisotopic (exact) mass is 433 g/mol. The summed E-state index contributed by atoms with van der Waals surface area (Å²) in [6, 6.07) is 9.16. The molecular weight excluding hydrogens is 414 g/mol. The van der Waals surface area contributed by atoms with Gasteiger partial charge in [-0.1, -0.05) is 0 Å². The third-order valence-electron chi connectivity index (χ3n) is 5.20. The lowest BCUT2D eigenvalue weighted by atomic mass is 9.94. The minimum Gasteiger partial charge on any atom is -0.493 e. The first-order chi connectivity index (χ1) is 13.7. The van der Waals surface area contributed by atoms with Crippen LogP contribution in [0.2, 0.25) is 0 Å². The Balaban J connectivity index is 1.67. The minimum absolute atomic E-state index is 0.0249. The number of hydrogen-bond acceptors (Lipinski definition) is 6. The maximum Gasteiger partial charge on any atom is 0.256 e. The molecule has 0 spiro atoms. The highest BCUT2D eigenvalue weighted by Crippen LogP contribution is 2.38. The average Bonchev–Trinajstić information content (AvgIpc) is 2.94. The van der Waals surface area contributed by atoms with Crippen molar-refractivity contribution in [3.8, 4) is 11.5 Å². The van der Waals surface area contributed by atoms with E-state index in [-0.39, 0.29) is 10.8 Å². The lowest BCUT2D eigenvalue weighted by Crippen LogP contribution is -2.40. The van der Waals surface area contributed by atoms with Crippen molar-refractivity contribution in [1.29, 1.82) is 0 Å². The van der Waals surface area contributed by atoms with Crippen molar-refractivity contribution in [3.63, 3.8) is 0 Å². The number of amides is 1. The SMILES string of the molecule is COc1cc2c(cc1OC)CN1C(=S)N(c3ccc(S(N)(=O)=O)cc3)C(=O)[C@H]1C2. The molecule has 10 heteroatoms. The van der Waals surface area contributed by atoms with Gasteiger partial charge in [0.1, 0.15) is 6.04 Å². The number of methoxy groups -OCH3 is 2.